The number of aliphatic hydroxyl groups is 1. The maximum atomic E-state index is 13.3. The Morgan fingerprint density at radius 3 is 2.48 bits per heavy atom. The van der Waals surface area contributed by atoms with E-state index < -0.39 is 18.3 Å². The molecule has 1 aliphatic rings. The van der Waals surface area contributed by atoms with E-state index >= 15 is 0 Å². The molecule has 1 atom stereocenters. The Labute approximate surface area is 134 Å². The van der Waals surface area contributed by atoms with E-state index in [4.69, 9.17) is 0 Å². The zero-order chi connectivity index (χ0) is 16.8. The summed E-state index contributed by atoms with van der Waals surface area (Å²) in [6, 6.07) is 9.18. The number of halogens is 3. The molecule has 1 aliphatic heterocycles. The number of hydrazone groups is 1. The summed E-state index contributed by atoms with van der Waals surface area (Å²) in [5, 5.41) is 14.6. The summed E-state index contributed by atoms with van der Waals surface area (Å²) in [5.41, 5.74) is -1.44. The van der Waals surface area contributed by atoms with E-state index in [0.717, 1.165) is 21.8 Å². The minimum Gasteiger partial charge on any atom is -0.362 e. The van der Waals surface area contributed by atoms with Crippen LogP contribution in [0.15, 0.2) is 35.4 Å². The van der Waals surface area contributed by atoms with Crippen molar-refractivity contribution in [3.8, 4) is 11.3 Å². The molecule has 0 saturated heterocycles. The Morgan fingerprint density at radius 1 is 1.22 bits per heavy atom. The van der Waals surface area contributed by atoms with E-state index in [9.17, 15) is 18.3 Å². The van der Waals surface area contributed by atoms with Crippen LogP contribution in [0.2, 0.25) is 0 Å². The van der Waals surface area contributed by atoms with Crippen LogP contribution < -0.4 is 5.01 Å². The third-order valence-electron chi connectivity index (χ3n) is 3.59. The lowest BCUT2D eigenvalue weighted by Crippen LogP contribution is -2.55. The van der Waals surface area contributed by atoms with Crippen LogP contribution in [0.1, 0.15) is 18.2 Å². The van der Waals surface area contributed by atoms with E-state index in [1.807, 2.05) is 30.3 Å². The fourth-order valence-corrected chi connectivity index (χ4v) is 3.43. The van der Waals surface area contributed by atoms with Crippen LogP contribution >= 0.6 is 11.3 Å². The highest BCUT2D eigenvalue weighted by Crippen LogP contribution is 2.45. The number of nitrogens with zero attached hydrogens (tertiary/aromatic N) is 3. The minimum absolute atomic E-state index is 0.0260. The molecule has 1 N–H and O–H groups in total. The lowest BCUT2D eigenvalue weighted by molar-refractivity contribution is -0.254. The molecule has 2 heterocycles. The molecule has 0 fully saturated rings. The van der Waals surface area contributed by atoms with Gasteiger partial charge in [0.05, 0.1) is 5.69 Å². The summed E-state index contributed by atoms with van der Waals surface area (Å²) in [4.78, 5) is 5.04. The molecule has 1 aromatic heterocycles. The molecule has 1 aromatic carbocycles. The second kappa shape index (κ2) is 5.31. The van der Waals surface area contributed by atoms with Crippen LogP contribution in [0, 0.1) is 6.92 Å². The van der Waals surface area contributed by atoms with Crippen LogP contribution in [0.5, 0.6) is 0 Å². The highest BCUT2D eigenvalue weighted by Gasteiger charge is 2.62. The zero-order valence-corrected chi connectivity index (χ0v) is 13.2. The van der Waals surface area contributed by atoms with E-state index in [0.29, 0.717) is 10.7 Å². The lowest BCUT2D eigenvalue weighted by atomic mass is 10.1. The Hall–Kier alpha value is -1.93. The standard InChI is InChI=1S/C15H14F3N3OS/c1-9-8-14(22,15(16,17)18)21(20-9)13-19-12(10(2)23-13)11-6-4-3-5-7-11/h3-7,22H,8H2,1-2H3. The maximum absolute atomic E-state index is 13.3. The summed E-state index contributed by atoms with van der Waals surface area (Å²) >= 11 is 1.07. The molecular weight excluding hydrogens is 327 g/mol. The van der Waals surface area contributed by atoms with E-state index in [1.165, 1.54) is 6.92 Å². The van der Waals surface area contributed by atoms with Crippen molar-refractivity contribution >= 4 is 22.2 Å². The first-order valence-corrected chi connectivity index (χ1v) is 7.70. The molecule has 0 radical (unpaired) electrons. The molecule has 0 bridgehead atoms. The number of benzene rings is 1. The summed E-state index contributed by atoms with van der Waals surface area (Å²) in [6.45, 7) is 3.23. The van der Waals surface area contributed by atoms with E-state index in [1.54, 1.807) is 6.92 Å². The molecule has 1 unspecified atom stereocenters. The molecular formula is C15H14F3N3OS. The number of rotatable bonds is 2. The van der Waals surface area contributed by atoms with Crippen LogP contribution in [-0.4, -0.2) is 27.7 Å². The number of aromatic nitrogens is 1. The smallest absolute Gasteiger partial charge is 0.362 e. The van der Waals surface area contributed by atoms with Crippen molar-refractivity contribution < 1.29 is 18.3 Å². The number of hydrogen-bond acceptors (Lipinski definition) is 5. The number of hydrogen-bond donors (Lipinski definition) is 1. The third kappa shape index (κ3) is 2.61. The number of thiazole rings is 1. The first-order chi connectivity index (χ1) is 10.7. The van der Waals surface area contributed by atoms with Crippen molar-refractivity contribution in [3.05, 3.63) is 35.2 Å². The topological polar surface area (TPSA) is 48.7 Å². The van der Waals surface area contributed by atoms with E-state index in [-0.39, 0.29) is 10.8 Å². The quantitative estimate of drug-likeness (QED) is 0.900. The van der Waals surface area contributed by atoms with Crippen molar-refractivity contribution in [2.75, 3.05) is 5.01 Å². The molecule has 2 aromatic rings. The maximum Gasteiger partial charge on any atom is 0.438 e. The van der Waals surface area contributed by atoms with Crippen molar-refractivity contribution in [2.24, 2.45) is 5.10 Å². The molecule has 4 nitrogen and oxygen atoms in total. The van der Waals surface area contributed by atoms with Gasteiger partial charge in [-0.2, -0.15) is 23.3 Å². The van der Waals surface area contributed by atoms with Crippen molar-refractivity contribution in [3.63, 3.8) is 0 Å². The Kier molecular flexibility index (Phi) is 3.68. The lowest BCUT2D eigenvalue weighted by Gasteiger charge is -2.32. The van der Waals surface area contributed by atoms with Gasteiger partial charge >= 0.3 is 6.18 Å². The second-order valence-corrected chi connectivity index (χ2v) is 6.59. The predicted octanol–water partition coefficient (Wildman–Crippen LogP) is 3.96. The van der Waals surface area contributed by atoms with Crippen molar-refractivity contribution in [1.29, 1.82) is 0 Å². The monoisotopic (exact) mass is 341 g/mol. The molecule has 0 spiro atoms. The largest absolute Gasteiger partial charge is 0.438 e. The van der Waals surface area contributed by atoms with E-state index in [2.05, 4.69) is 10.1 Å². The Balaban J connectivity index is 2.05. The highest BCUT2D eigenvalue weighted by molar-refractivity contribution is 7.16. The average Bonchev–Trinajstić information content (AvgIpc) is 3.00. The van der Waals surface area contributed by atoms with Gasteiger partial charge in [-0.15, -0.1) is 0 Å². The van der Waals surface area contributed by atoms with Gasteiger partial charge in [0.15, 0.2) is 0 Å². The number of anilines is 1. The average molecular weight is 341 g/mol. The van der Waals surface area contributed by atoms with Gasteiger partial charge in [-0.3, -0.25) is 0 Å². The molecule has 3 rings (SSSR count). The fraction of sp³-hybridized carbons (Fsp3) is 0.333. The predicted molar refractivity (Wildman–Crippen MR) is 83.5 cm³/mol. The van der Waals surface area contributed by atoms with Gasteiger partial charge in [0, 0.05) is 22.6 Å². The highest BCUT2D eigenvalue weighted by atomic mass is 32.1. The zero-order valence-electron chi connectivity index (χ0n) is 12.4. The second-order valence-electron chi connectivity index (χ2n) is 5.41. The Bertz CT molecular complexity index is 757. The van der Waals surface area contributed by atoms with Gasteiger partial charge < -0.3 is 5.11 Å². The van der Waals surface area contributed by atoms with Gasteiger partial charge in [0.25, 0.3) is 5.72 Å². The van der Waals surface area contributed by atoms with Gasteiger partial charge in [-0.25, -0.2) is 4.98 Å². The fourth-order valence-electron chi connectivity index (χ4n) is 2.48. The first-order valence-electron chi connectivity index (χ1n) is 6.88. The first kappa shape index (κ1) is 15.9. The van der Waals surface area contributed by atoms with Crippen LogP contribution in [0.4, 0.5) is 18.3 Å². The summed E-state index contributed by atoms with van der Waals surface area (Å²) in [5.74, 6) is 0. The molecule has 8 heteroatoms. The molecule has 0 aliphatic carbocycles. The van der Waals surface area contributed by atoms with Gasteiger partial charge in [0.2, 0.25) is 5.13 Å². The number of aryl methyl sites for hydroxylation is 1. The van der Waals surface area contributed by atoms with Gasteiger partial charge in [0.1, 0.15) is 0 Å². The van der Waals surface area contributed by atoms with Crippen LogP contribution in [0.3, 0.4) is 0 Å². The SMILES string of the molecule is CC1=NN(c2nc(-c3ccccc3)c(C)s2)C(O)(C(F)(F)F)C1. The summed E-state index contributed by atoms with van der Waals surface area (Å²) in [7, 11) is 0. The summed E-state index contributed by atoms with van der Waals surface area (Å²) < 4.78 is 39.9. The minimum atomic E-state index is -4.83. The Morgan fingerprint density at radius 2 is 1.87 bits per heavy atom. The van der Waals surface area contributed by atoms with Crippen molar-refractivity contribution in [2.45, 2.75) is 32.2 Å². The van der Waals surface area contributed by atoms with Crippen LogP contribution in [-0.2, 0) is 0 Å². The van der Waals surface area contributed by atoms with Gasteiger partial charge in [-0.05, 0) is 13.8 Å². The normalized spacial score (nSPS) is 21.7. The third-order valence-corrected chi connectivity index (χ3v) is 4.54. The van der Waals surface area contributed by atoms with Crippen LogP contribution in [0.25, 0.3) is 11.3 Å². The molecule has 122 valence electrons. The van der Waals surface area contributed by atoms with Crippen molar-refractivity contribution in [1.82, 2.24) is 4.98 Å². The van der Waals surface area contributed by atoms with Gasteiger partial charge in [-0.1, -0.05) is 41.7 Å². The molecule has 0 amide bonds. The summed E-state index contributed by atoms with van der Waals surface area (Å²) in [6.07, 6.45) is -5.42. The number of alkyl halides is 3. The molecule has 23 heavy (non-hydrogen) atoms. The molecule has 0 saturated carbocycles.